The van der Waals surface area contributed by atoms with E-state index < -0.39 is 0 Å². The number of nitrogens with zero attached hydrogens (tertiary/aromatic N) is 1. The average Bonchev–Trinajstić information content (AvgIpc) is 1.89. The quantitative estimate of drug-likeness (QED) is 0.401. The van der Waals surface area contributed by atoms with E-state index in [1.807, 2.05) is 13.0 Å². The summed E-state index contributed by atoms with van der Waals surface area (Å²) in [7, 11) is 0. The first-order chi connectivity index (χ1) is 4.31. The first kappa shape index (κ1) is 7.89. The van der Waals surface area contributed by atoms with Crippen LogP contribution < -0.4 is 0 Å². The van der Waals surface area contributed by atoms with E-state index in [2.05, 4.69) is 18.2 Å². The van der Waals surface area contributed by atoms with Gasteiger partial charge in [0.05, 0.1) is 0 Å². The van der Waals surface area contributed by atoms with E-state index in [-0.39, 0.29) is 0 Å². The first-order valence-corrected chi connectivity index (χ1v) is 2.74. The highest BCUT2D eigenvalue weighted by molar-refractivity contribution is 5.73. The van der Waals surface area contributed by atoms with Gasteiger partial charge >= 0.3 is 0 Å². The second kappa shape index (κ2) is 5.04. The van der Waals surface area contributed by atoms with Crippen LogP contribution in [0.5, 0.6) is 0 Å². The average molecular weight is 121 g/mol. The second-order valence-corrected chi connectivity index (χ2v) is 1.60. The van der Waals surface area contributed by atoms with Crippen LogP contribution in [0, 0.1) is 0 Å². The number of rotatable bonds is 3. The first-order valence-electron chi connectivity index (χ1n) is 2.74. The molecule has 0 rings (SSSR count). The Labute approximate surface area is 56.1 Å². The fourth-order valence-electron chi connectivity index (χ4n) is 0.290. The Kier molecular flexibility index (Phi) is 4.41. The van der Waals surface area contributed by atoms with E-state index in [0.717, 1.165) is 5.57 Å². The molecule has 0 N–H and O–H groups in total. The van der Waals surface area contributed by atoms with Gasteiger partial charge in [0, 0.05) is 12.4 Å². The molecule has 1 nitrogen and oxygen atoms in total. The molecule has 0 aromatic rings. The molecular weight excluding hydrogens is 110 g/mol. The van der Waals surface area contributed by atoms with Crippen molar-refractivity contribution in [2.24, 2.45) is 4.99 Å². The standard InChI is InChI=1S/C8H11N/c1-4-8(3)6-7-9-5-2/h4-7H,1-2H2,3H3/b8-6-,9-7-. The molecule has 1 heteroatoms. The summed E-state index contributed by atoms with van der Waals surface area (Å²) < 4.78 is 0. The van der Waals surface area contributed by atoms with Crippen LogP contribution in [0.1, 0.15) is 6.92 Å². The summed E-state index contributed by atoms with van der Waals surface area (Å²) in [6.07, 6.45) is 6.82. The number of aliphatic imine (C=N–C) groups is 1. The van der Waals surface area contributed by atoms with Gasteiger partial charge in [-0.2, -0.15) is 0 Å². The van der Waals surface area contributed by atoms with Gasteiger partial charge in [0.25, 0.3) is 0 Å². The summed E-state index contributed by atoms with van der Waals surface area (Å²) in [6, 6.07) is 0. The molecule has 0 saturated heterocycles. The highest BCUT2D eigenvalue weighted by atomic mass is 14.6. The van der Waals surface area contributed by atoms with Crippen molar-refractivity contribution in [1.29, 1.82) is 0 Å². The van der Waals surface area contributed by atoms with Crippen molar-refractivity contribution in [3.63, 3.8) is 0 Å². The van der Waals surface area contributed by atoms with Crippen LogP contribution in [0.25, 0.3) is 0 Å². The van der Waals surface area contributed by atoms with Crippen LogP contribution in [-0.2, 0) is 0 Å². The van der Waals surface area contributed by atoms with Crippen LogP contribution in [-0.4, -0.2) is 6.21 Å². The minimum Gasteiger partial charge on any atom is -0.265 e. The maximum Gasteiger partial charge on any atom is 0.0270 e. The molecule has 0 amide bonds. The molecule has 0 aliphatic rings. The van der Waals surface area contributed by atoms with Gasteiger partial charge in [-0.1, -0.05) is 24.8 Å². The highest BCUT2D eigenvalue weighted by Gasteiger charge is 1.71. The number of allylic oxidation sites excluding steroid dienone is 3. The second-order valence-electron chi connectivity index (χ2n) is 1.60. The van der Waals surface area contributed by atoms with Crippen LogP contribution in [0.4, 0.5) is 0 Å². The maximum absolute atomic E-state index is 3.77. The molecule has 0 heterocycles. The number of hydrogen-bond donors (Lipinski definition) is 0. The lowest BCUT2D eigenvalue weighted by molar-refractivity contribution is 1.54. The normalized spacial score (nSPS) is 11.9. The summed E-state index contributed by atoms with van der Waals surface area (Å²) in [5, 5.41) is 0. The van der Waals surface area contributed by atoms with Gasteiger partial charge in [0.2, 0.25) is 0 Å². The Morgan fingerprint density at radius 2 is 2.11 bits per heavy atom. The minimum absolute atomic E-state index is 1.10. The highest BCUT2D eigenvalue weighted by Crippen LogP contribution is 1.88. The molecule has 0 radical (unpaired) electrons. The van der Waals surface area contributed by atoms with Crippen molar-refractivity contribution >= 4 is 6.21 Å². The summed E-state index contributed by atoms with van der Waals surface area (Å²) in [6.45, 7) is 8.97. The molecule has 0 saturated carbocycles. The topological polar surface area (TPSA) is 12.4 Å². The predicted octanol–water partition coefficient (Wildman–Crippen LogP) is 2.33. The van der Waals surface area contributed by atoms with Crippen molar-refractivity contribution < 1.29 is 0 Å². The van der Waals surface area contributed by atoms with Crippen molar-refractivity contribution in [2.45, 2.75) is 6.92 Å². The molecule has 0 aliphatic heterocycles. The van der Waals surface area contributed by atoms with Gasteiger partial charge in [-0.25, -0.2) is 0 Å². The Bertz CT molecular complexity index is 152. The molecule has 0 aromatic heterocycles. The van der Waals surface area contributed by atoms with Gasteiger partial charge < -0.3 is 0 Å². The van der Waals surface area contributed by atoms with E-state index in [4.69, 9.17) is 0 Å². The van der Waals surface area contributed by atoms with Gasteiger partial charge in [-0.3, -0.25) is 4.99 Å². The molecule has 0 fully saturated rings. The summed E-state index contributed by atoms with van der Waals surface area (Å²) >= 11 is 0. The fraction of sp³-hybridized carbons (Fsp3) is 0.125. The van der Waals surface area contributed by atoms with Crippen molar-refractivity contribution in [1.82, 2.24) is 0 Å². The van der Waals surface area contributed by atoms with Crippen LogP contribution in [0.3, 0.4) is 0 Å². The molecule has 0 aromatic carbocycles. The van der Waals surface area contributed by atoms with Gasteiger partial charge in [-0.05, 0) is 13.0 Å². The zero-order valence-corrected chi connectivity index (χ0v) is 5.67. The summed E-state index contributed by atoms with van der Waals surface area (Å²) in [4.78, 5) is 3.77. The lowest BCUT2D eigenvalue weighted by Crippen LogP contribution is -1.67. The van der Waals surface area contributed by atoms with Gasteiger partial charge in [0.1, 0.15) is 0 Å². The van der Waals surface area contributed by atoms with Crippen molar-refractivity contribution in [3.8, 4) is 0 Å². The van der Waals surface area contributed by atoms with Gasteiger partial charge in [-0.15, -0.1) is 0 Å². The molecular formula is C8H11N. The van der Waals surface area contributed by atoms with Crippen LogP contribution >= 0.6 is 0 Å². The minimum atomic E-state index is 1.10. The maximum atomic E-state index is 3.77. The molecule has 0 bridgehead atoms. The Hall–Kier alpha value is -1.11. The van der Waals surface area contributed by atoms with Gasteiger partial charge in [0.15, 0.2) is 0 Å². The molecule has 0 aliphatic carbocycles. The van der Waals surface area contributed by atoms with Crippen LogP contribution in [0.2, 0.25) is 0 Å². The zero-order valence-electron chi connectivity index (χ0n) is 5.67. The third kappa shape index (κ3) is 4.75. The molecule has 0 spiro atoms. The fourth-order valence-corrected chi connectivity index (χ4v) is 0.290. The molecule has 0 atom stereocenters. The molecule has 0 unspecified atom stereocenters. The monoisotopic (exact) mass is 121 g/mol. The zero-order chi connectivity index (χ0) is 7.11. The molecule has 9 heavy (non-hydrogen) atoms. The van der Waals surface area contributed by atoms with Crippen molar-refractivity contribution in [2.75, 3.05) is 0 Å². The third-order valence-electron chi connectivity index (χ3n) is 0.851. The van der Waals surface area contributed by atoms with E-state index >= 15 is 0 Å². The predicted molar refractivity (Wildman–Crippen MR) is 42.6 cm³/mol. The summed E-state index contributed by atoms with van der Waals surface area (Å²) in [5.41, 5.74) is 1.10. The third-order valence-corrected chi connectivity index (χ3v) is 0.851. The molecule has 48 valence electrons. The Morgan fingerprint density at radius 1 is 1.44 bits per heavy atom. The van der Waals surface area contributed by atoms with E-state index in [0.29, 0.717) is 0 Å². The van der Waals surface area contributed by atoms with E-state index in [9.17, 15) is 0 Å². The Balaban J connectivity index is 3.81. The SMILES string of the molecule is C=C/N=C\C=C(\C)C=C. The van der Waals surface area contributed by atoms with E-state index in [1.54, 1.807) is 12.3 Å². The lowest BCUT2D eigenvalue weighted by Gasteiger charge is -1.81. The largest absolute Gasteiger partial charge is 0.265 e. The Morgan fingerprint density at radius 3 is 2.56 bits per heavy atom. The number of hydrogen-bond acceptors (Lipinski definition) is 1. The lowest BCUT2D eigenvalue weighted by atomic mass is 10.3. The van der Waals surface area contributed by atoms with E-state index in [1.165, 1.54) is 6.20 Å². The summed E-state index contributed by atoms with van der Waals surface area (Å²) in [5.74, 6) is 0. The smallest absolute Gasteiger partial charge is 0.0270 e. The van der Waals surface area contributed by atoms with Crippen molar-refractivity contribution in [3.05, 3.63) is 37.1 Å². The van der Waals surface area contributed by atoms with Crippen LogP contribution in [0.15, 0.2) is 42.1 Å².